The summed E-state index contributed by atoms with van der Waals surface area (Å²) in [6.45, 7) is 0. The number of hydrogen-bond acceptors (Lipinski definition) is 2. The highest BCUT2D eigenvalue weighted by molar-refractivity contribution is 9.11. The fourth-order valence-corrected chi connectivity index (χ4v) is 3.37. The molecule has 0 aromatic carbocycles. The Bertz CT molecular complexity index is 509. The molecule has 0 atom stereocenters. The third kappa shape index (κ3) is 1.68. The Morgan fingerprint density at radius 1 is 0.688 bits per heavy atom. The van der Waals surface area contributed by atoms with Crippen molar-refractivity contribution >= 4 is 38.6 Å². The molecule has 0 bridgehead atoms. The molecule has 2 rings (SSSR count). The third-order valence-corrected chi connectivity index (χ3v) is 4.57. The van der Waals surface area contributed by atoms with E-state index >= 15 is 0 Å². The van der Waals surface area contributed by atoms with Crippen molar-refractivity contribution < 1.29 is 22.0 Å². The second kappa shape index (κ2) is 4.08. The molecule has 2 heterocycles. The van der Waals surface area contributed by atoms with Gasteiger partial charge in [-0.3, -0.25) is 0 Å². The lowest BCUT2D eigenvalue weighted by Crippen LogP contribution is -1.82. The predicted molar refractivity (Wildman–Crippen MR) is 55.1 cm³/mol. The van der Waals surface area contributed by atoms with Gasteiger partial charge in [0, 0.05) is 0 Å². The number of hydrogen-bond donors (Lipinski definition) is 0. The molecule has 0 aliphatic carbocycles. The van der Waals surface area contributed by atoms with Crippen LogP contribution in [-0.4, -0.2) is 0 Å². The van der Waals surface area contributed by atoms with Gasteiger partial charge in [0.1, 0.15) is 3.79 Å². The van der Waals surface area contributed by atoms with Crippen LogP contribution >= 0.6 is 38.6 Å². The van der Waals surface area contributed by atoms with Crippen molar-refractivity contribution in [1.82, 2.24) is 0 Å². The number of rotatable bonds is 1. The molecule has 16 heavy (non-hydrogen) atoms. The highest BCUT2D eigenvalue weighted by Gasteiger charge is 2.26. The first-order chi connectivity index (χ1) is 7.43. The first kappa shape index (κ1) is 12.0. The van der Waals surface area contributed by atoms with Gasteiger partial charge in [0.15, 0.2) is 17.5 Å². The van der Waals surface area contributed by atoms with E-state index in [1.54, 1.807) is 0 Å². The average Bonchev–Trinajstić information content (AvgIpc) is 2.64. The van der Waals surface area contributed by atoms with Gasteiger partial charge in [-0.1, -0.05) is 11.3 Å². The van der Waals surface area contributed by atoms with Gasteiger partial charge in [-0.25, -0.2) is 13.2 Å². The SMILES string of the molecule is Fc1sc(-c2sc(Br)c(F)c2F)c(F)c1F. The summed E-state index contributed by atoms with van der Waals surface area (Å²) in [6, 6.07) is 0. The van der Waals surface area contributed by atoms with Crippen LogP contribution in [0.15, 0.2) is 3.79 Å². The molecule has 0 aliphatic rings. The molecule has 0 aliphatic heterocycles. The Hall–Kier alpha value is -0.470. The summed E-state index contributed by atoms with van der Waals surface area (Å²) in [5.74, 6) is -5.70. The molecular formula is C8BrF5S2. The number of halogens is 6. The van der Waals surface area contributed by atoms with Crippen LogP contribution in [-0.2, 0) is 0 Å². The quantitative estimate of drug-likeness (QED) is 0.648. The third-order valence-electron chi connectivity index (χ3n) is 1.72. The lowest BCUT2D eigenvalue weighted by atomic mass is 10.3. The Morgan fingerprint density at radius 2 is 1.19 bits per heavy atom. The van der Waals surface area contributed by atoms with Gasteiger partial charge in [-0.2, -0.15) is 8.78 Å². The molecule has 0 radical (unpaired) electrons. The van der Waals surface area contributed by atoms with E-state index in [9.17, 15) is 22.0 Å². The van der Waals surface area contributed by atoms with E-state index in [1.807, 2.05) is 0 Å². The zero-order chi connectivity index (χ0) is 12.0. The maximum absolute atomic E-state index is 13.2. The summed E-state index contributed by atoms with van der Waals surface area (Å²) in [6.07, 6.45) is 0. The second-order valence-corrected chi connectivity index (χ2v) is 5.98. The van der Waals surface area contributed by atoms with E-state index in [2.05, 4.69) is 15.9 Å². The van der Waals surface area contributed by atoms with Crippen molar-refractivity contribution in [2.75, 3.05) is 0 Å². The van der Waals surface area contributed by atoms with Crippen molar-refractivity contribution in [3.8, 4) is 9.75 Å². The van der Waals surface area contributed by atoms with Crippen LogP contribution < -0.4 is 0 Å². The van der Waals surface area contributed by atoms with Gasteiger partial charge in [-0.05, 0) is 15.9 Å². The van der Waals surface area contributed by atoms with Crippen LogP contribution in [0.1, 0.15) is 0 Å². The van der Waals surface area contributed by atoms with Gasteiger partial charge in [0.2, 0.25) is 10.9 Å². The van der Waals surface area contributed by atoms with Gasteiger partial charge in [0.05, 0.1) is 9.75 Å². The Kier molecular flexibility index (Phi) is 3.06. The monoisotopic (exact) mass is 334 g/mol. The molecule has 0 fully saturated rings. The first-order valence-corrected chi connectivity index (χ1v) is 6.13. The second-order valence-electron chi connectivity index (χ2n) is 2.67. The fourth-order valence-electron chi connectivity index (χ4n) is 1.02. The highest BCUT2D eigenvalue weighted by Crippen LogP contribution is 2.42. The van der Waals surface area contributed by atoms with Gasteiger partial charge in [-0.15, -0.1) is 11.3 Å². The molecule has 0 unspecified atom stereocenters. The van der Waals surface area contributed by atoms with E-state index in [1.165, 1.54) is 0 Å². The van der Waals surface area contributed by atoms with Gasteiger partial charge < -0.3 is 0 Å². The average molecular weight is 335 g/mol. The minimum atomic E-state index is -1.68. The van der Waals surface area contributed by atoms with E-state index in [-0.39, 0.29) is 15.1 Å². The van der Waals surface area contributed by atoms with Crippen molar-refractivity contribution in [3.05, 3.63) is 32.2 Å². The predicted octanol–water partition coefficient (Wildman–Crippen LogP) is 4.93. The van der Waals surface area contributed by atoms with Crippen molar-refractivity contribution in [2.24, 2.45) is 0 Å². The van der Waals surface area contributed by atoms with Crippen molar-refractivity contribution in [3.63, 3.8) is 0 Å². The maximum atomic E-state index is 13.2. The summed E-state index contributed by atoms with van der Waals surface area (Å²) in [7, 11) is 0. The highest BCUT2D eigenvalue weighted by atomic mass is 79.9. The largest absolute Gasteiger partial charge is 0.216 e. The molecule has 0 saturated carbocycles. The van der Waals surface area contributed by atoms with Crippen LogP contribution in [0, 0.1) is 28.4 Å². The van der Waals surface area contributed by atoms with E-state index in [0.29, 0.717) is 11.3 Å². The summed E-state index contributed by atoms with van der Waals surface area (Å²) in [5, 5.41) is -1.39. The topological polar surface area (TPSA) is 0 Å². The van der Waals surface area contributed by atoms with Crippen LogP contribution in [0.3, 0.4) is 0 Å². The minimum absolute atomic E-state index is 0.0965. The molecule has 86 valence electrons. The smallest absolute Gasteiger partial charge is 0.202 e. The first-order valence-electron chi connectivity index (χ1n) is 3.70. The van der Waals surface area contributed by atoms with E-state index in [4.69, 9.17) is 0 Å². The van der Waals surface area contributed by atoms with Crippen molar-refractivity contribution in [1.29, 1.82) is 0 Å². The zero-order valence-electron chi connectivity index (χ0n) is 7.08. The normalized spacial score (nSPS) is 11.1. The van der Waals surface area contributed by atoms with Gasteiger partial charge >= 0.3 is 0 Å². The number of thiophene rings is 2. The Balaban J connectivity index is 2.68. The standard InChI is InChI=1S/C8BrF5S2/c9-7-3(12)1(10)5(15-7)6-2(11)4(13)8(14)16-6. The lowest BCUT2D eigenvalue weighted by Gasteiger charge is -1.91. The molecule has 8 heteroatoms. The molecule has 2 aromatic rings. The zero-order valence-corrected chi connectivity index (χ0v) is 10.3. The van der Waals surface area contributed by atoms with Crippen LogP contribution in [0.5, 0.6) is 0 Å². The van der Waals surface area contributed by atoms with E-state index < -0.39 is 38.2 Å². The molecule has 2 aromatic heterocycles. The summed E-state index contributed by atoms with van der Waals surface area (Å²) in [5.41, 5.74) is 0. The van der Waals surface area contributed by atoms with Gasteiger partial charge in [0.25, 0.3) is 0 Å². The fraction of sp³-hybridized carbons (Fsp3) is 0. The molecule has 0 amide bonds. The molecule has 0 spiro atoms. The van der Waals surface area contributed by atoms with Crippen molar-refractivity contribution in [2.45, 2.75) is 0 Å². The molecule has 0 nitrogen and oxygen atoms in total. The van der Waals surface area contributed by atoms with E-state index in [0.717, 1.165) is 0 Å². The summed E-state index contributed by atoms with van der Waals surface area (Å²) >= 11 is 3.34. The lowest BCUT2D eigenvalue weighted by molar-refractivity contribution is 0.468. The minimum Gasteiger partial charge on any atom is -0.202 e. The molecule has 0 N–H and O–H groups in total. The Morgan fingerprint density at radius 3 is 1.56 bits per heavy atom. The van der Waals surface area contributed by atoms with Crippen LogP contribution in [0.2, 0.25) is 0 Å². The van der Waals surface area contributed by atoms with Crippen LogP contribution in [0.25, 0.3) is 9.75 Å². The Labute approximate surface area is 102 Å². The maximum Gasteiger partial charge on any atom is 0.216 e. The van der Waals surface area contributed by atoms with Crippen LogP contribution in [0.4, 0.5) is 22.0 Å². The molecule has 0 saturated heterocycles. The summed E-state index contributed by atoms with van der Waals surface area (Å²) in [4.78, 5) is -1.04. The summed E-state index contributed by atoms with van der Waals surface area (Å²) < 4.78 is 64.5. The molecular weight excluding hydrogens is 335 g/mol.